The number of amides is 2. The molecule has 0 aromatic carbocycles. The third-order valence-electron chi connectivity index (χ3n) is 15.8. The molecule has 578 valence electrons. The average molecular weight is 1430 g/mol. The summed E-state index contributed by atoms with van der Waals surface area (Å²) >= 11 is 1.35. The predicted octanol–water partition coefficient (Wildman–Crippen LogP) is 10.1. The molecule has 3 atom stereocenters. The fraction of sp³-hybridized carbons (Fsp3) is 0.918. The zero-order valence-corrected chi connectivity index (χ0v) is 62.1. The molecule has 0 unspecified atom stereocenters. The van der Waals surface area contributed by atoms with Crippen molar-refractivity contribution in [2.45, 2.75) is 250 Å². The van der Waals surface area contributed by atoms with E-state index in [1.165, 1.54) is 140 Å². The maximum Gasteiger partial charge on any atom is 0.306 e. The first-order valence-electron chi connectivity index (χ1n) is 37.9. The van der Waals surface area contributed by atoms with E-state index >= 15 is 0 Å². The Labute approximate surface area is 595 Å². The normalized spacial score (nSPS) is 12.4. The van der Waals surface area contributed by atoms with Crippen LogP contribution in [0, 0.1) is 0 Å². The summed E-state index contributed by atoms with van der Waals surface area (Å²) < 4.78 is 77.5. The van der Waals surface area contributed by atoms with Gasteiger partial charge >= 0.3 is 11.9 Å². The van der Waals surface area contributed by atoms with Gasteiger partial charge in [0.15, 0.2) is 5.78 Å². The second-order valence-electron chi connectivity index (χ2n) is 24.7. The molecule has 25 heteroatoms. The third-order valence-corrected chi connectivity index (χ3v) is 17.0. The molecule has 0 aliphatic carbocycles. The first kappa shape index (κ1) is 95.0. The largest absolute Gasteiger partial charge is 0.466 e. The highest BCUT2D eigenvalue weighted by Gasteiger charge is 2.24. The molecule has 98 heavy (non-hydrogen) atoms. The number of hydrogen-bond acceptors (Lipinski definition) is 23. The number of carbonyl (C=O) groups is 6. The number of nitrogens with two attached hydrogens (primary N) is 2. The van der Waals surface area contributed by atoms with Crippen LogP contribution in [0.4, 0.5) is 0 Å². The fourth-order valence-electron chi connectivity index (χ4n) is 9.90. The van der Waals surface area contributed by atoms with E-state index in [4.69, 9.17) is 77.8 Å². The van der Waals surface area contributed by atoms with E-state index in [1.54, 1.807) is 0 Å². The zero-order valence-electron chi connectivity index (χ0n) is 61.2. The number of ether oxygens (including phenoxy) is 14. The van der Waals surface area contributed by atoms with Gasteiger partial charge in [-0.1, -0.05) is 168 Å². The smallest absolute Gasteiger partial charge is 0.306 e. The van der Waals surface area contributed by atoms with Gasteiger partial charge in [0.05, 0.1) is 171 Å². The third kappa shape index (κ3) is 72.8. The average Bonchev–Trinajstić information content (AvgIpc) is 1.18. The number of nitrogens with one attached hydrogen (secondary N) is 1. The molecule has 2 amide bonds. The van der Waals surface area contributed by atoms with E-state index in [-0.39, 0.29) is 61.5 Å². The van der Waals surface area contributed by atoms with Crippen LogP contribution in [-0.4, -0.2) is 242 Å². The summed E-state index contributed by atoms with van der Waals surface area (Å²) in [6.45, 7) is 14.0. The highest BCUT2D eigenvalue weighted by molar-refractivity contribution is 7.99. The molecule has 0 aromatic heterocycles. The summed E-state index contributed by atoms with van der Waals surface area (Å²) in [5.41, 5.74) is 11.3. The lowest BCUT2D eigenvalue weighted by molar-refractivity contribution is -0.150. The van der Waals surface area contributed by atoms with E-state index in [1.807, 2.05) is 0 Å². The van der Waals surface area contributed by atoms with Crippen molar-refractivity contribution in [3.05, 3.63) is 0 Å². The lowest BCUT2D eigenvalue weighted by Crippen LogP contribution is -2.51. The highest BCUT2D eigenvalue weighted by Crippen LogP contribution is 2.17. The van der Waals surface area contributed by atoms with Gasteiger partial charge in [0, 0.05) is 63.1 Å². The van der Waals surface area contributed by atoms with Crippen molar-refractivity contribution in [1.82, 2.24) is 5.32 Å². The van der Waals surface area contributed by atoms with Crippen LogP contribution in [0.1, 0.15) is 232 Å². The Morgan fingerprint density at radius 1 is 0.357 bits per heavy atom. The van der Waals surface area contributed by atoms with Crippen molar-refractivity contribution in [3.8, 4) is 0 Å². The van der Waals surface area contributed by atoms with Crippen molar-refractivity contribution in [2.24, 2.45) is 11.5 Å². The molecule has 0 aliphatic rings. The van der Waals surface area contributed by atoms with Gasteiger partial charge in [-0.3, -0.25) is 28.8 Å². The van der Waals surface area contributed by atoms with Crippen LogP contribution in [0.5, 0.6) is 0 Å². The summed E-state index contributed by atoms with van der Waals surface area (Å²) in [4.78, 5) is 73.9. The number of hydrogen-bond donors (Lipinski definition) is 4. The highest BCUT2D eigenvalue weighted by atomic mass is 32.2. The Bertz CT molecular complexity index is 1780. The molecule has 0 saturated heterocycles. The van der Waals surface area contributed by atoms with Crippen LogP contribution in [0.15, 0.2) is 0 Å². The lowest BCUT2D eigenvalue weighted by atomic mass is 10.0. The van der Waals surface area contributed by atoms with Gasteiger partial charge in [-0.05, 0) is 19.3 Å². The Kier molecular flexibility index (Phi) is 75.8. The molecule has 0 aromatic rings. The predicted molar refractivity (Wildman–Crippen MR) is 383 cm³/mol. The molecule has 6 N–H and O–H groups in total. The summed E-state index contributed by atoms with van der Waals surface area (Å²) in [5, 5.41) is 12.6. The Morgan fingerprint density at radius 2 is 0.684 bits per heavy atom. The van der Waals surface area contributed by atoms with Gasteiger partial charge in [0.1, 0.15) is 17.9 Å². The quantitative estimate of drug-likeness (QED) is 0.0325. The van der Waals surface area contributed by atoms with Crippen molar-refractivity contribution in [3.63, 3.8) is 0 Å². The number of aliphatic hydroxyl groups is 1. The fourth-order valence-corrected chi connectivity index (χ4v) is 10.9. The van der Waals surface area contributed by atoms with Gasteiger partial charge in [0.25, 0.3) is 0 Å². The number of rotatable bonds is 83. The summed E-state index contributed by atoms with van der Waals surface area (Å²) in [6, 6.07) is -2.08. The van der Waals surface area contributed by atoms with Crippen molar-refractivity contribution in [1.29, 1.82) is 0 Å². The number of unbranched alkanes of at least 4 members (excludes halogenated alkanes) is 24. The minimum Gasteiger partial charge on any atom is -0.466 e. The van der Waals surface area contributed by atoms with E-state index in [0.717, 1.165) is 38.5 Å². The lowest BCUT2D eigenvalue weighted by Gasteiger charge is -2.20. The standard InChI is InChI=1S/C73H139N3O21S/c1-3-5-7-9-11-13-15-17-19-21-23-25-27-31-71(81)96-39-36-66(97-72(82)32-28-26-24-22-20-18-16-14-12-10-8-6-4-2)63-98-64-67(74)73(83)76-68(62-77)69(79)30-29-37-84-40-42-86-44-46-88-48-50-90-52-54-92-56-58-94-60-61-95-59-57-93-55-53-91-51-49-89-47-45-87-43-41-85-38-35-65(78)33-34-70(75)80/h66-68,77H,3-64,74H2,1-2H3,(H2,75,80)(H,76,83)/t66-,67-,68-/m0/s1. The van der Waals surface area contributed by atoms with Crippen LogP contribution in [-0.2, 0) is 95.1 Å². The molecule has 0 heterocycles. The summed E-state index contributed by atoms with van der Waals surface area (Å²) in [7, 11) is 0. The molecule has 0 rings (SSSR count). The number of esters is 2. The SMILES string of the molecule is CCCCCCCCCCCCCCCC(=O)OCC[C@@H](CSC[C@H](N)C(=O)N[C@@H](CO)C(=O)CCCOCCOCCOCCOCCOCCOCCOCCOCCOCCOCCOCCOCCC(=O)CCC(N)=O)OC(=O)CCCCCCCCCCCCCCC. The number of carbonyl (C=O) groups excluding carboxylic acids is 6. The minimum atomic E-state index is -1.10. The van der Waals surface area contributed by atoms with Gasteiger partial charge in [0.2, 0.25) is 11.8 Å². The van der Waals surface area contributed by atoms with Crippen LogP contribution in [0.25, 0.3) is 0 Å². The molecule has 24 nitrogen and oxygen atoms in total. The molecular formula is C73H139N3O21S. The van der Waals surface area contributed by atoms with Crippen LogP contribution in [0.2, 0.25) is 0 Å². The van der Waals surface area contributed by atoms with E-state index in [2.05, 4.69) is 19.2 Å². The van der Waals surface area contributed by atoms with Crippen LogP contribution in [0.3, 0.4) is 0 Å². The number of aliphatic hydroxyl groups excluding tert-OH is 1. The molecule has 0 radical (unpaired) electrons. The second-order valence-corrected chi connectivity index (χ2v) is 25.7. The number of ketones is 2. The Morgan fingerprint density at radius 3 is 1.03 bits per heavy atom. The van der Waals surface area contributed by atoms with Crippen LogP contribution < -0.4 is 16.8 Å². The molecule has 0 spiro atoms. The van der Waals surface area contributed by atoms with Crippen molar-refractivity contribution in [2.75, 3.05) is 183 Å². The maximum atomic E-state index is 13.1. The van der Waals surface area contributed by atoms with Crippen LogP contribution >= 0.6 is 11.8 Å². The van der Waals surface area contributed by atoms with Crippen molar-refractivity contribution >= 4 is 47.1 Å². The van der Waals surface area contributed by atoms with Gasteiger partial charge in [-0.15, -0.1) is 0 Å². The Hall–Kier alpha value is -2.99. The second kappa shape index (κ2) is 78.2. The topological polar surface area (TPSA) is 316 Å². The maximum absolute atomic E-state index is 13.1. The minimum absolute atomic E-state index is 0.0486. The molecule has 0 aliphatic heterocycles. The monoisotopic (exact) mass is 1430 g/mol. The molecule has 0 bridgehead atoms. The first-order chi connectivity index (χ1) is 48.0. The number of thioether (sulfide) groups is 1. The Balaban J connectivity index is 4.05. The van der Waals surface area contributed by atoms with E-state index in [9.17, 15) is 33.9 Å². The summed E-state index contributed by atoms with van der Waals surface area (Å²) in [5.74, 6) is -1.42. The van der Waals surface area contributed by atoms with Gasteiger partial charge in [-0.2, -0.15) is 11.8 Å². The first-order valence-corrected chi connectivity index (χ1v) is 39.0. The zero-order chi connectivity index (χ0) is 71.4. The van der Waals surface area contributed by atoms with Gasteiger partial charge < -0.3 is 88.2 Å². The number of primary amides is 1. The number of Topliss-reactive ketones (excluding diaryl/α,β-unsaturated/α-hetero) is 2. The summed E-state index contributed by atoms with van der Waals surface area (Å²) in [6.07, 6.45) is 33.2. The van der Waals surface area contributed by atoms with E-state index in [0.29, 0.717) is 190 Å². The molecular weight excluding hydrogens is 1290 g/mol. The van der Waals surface area contributed by atoms with E-state index < -0.39 is 36.6 Å². The molecule has 0 saturated carbocycles. The van der Waals surface area contributed by atoms with Crippen molar-refractivity contribution < 1.29 is 100 Å². The molecule has 0 fully saturated rings. The van der Waals surface area contributed by atoms with Gasteiger partial charge in [-0.25, -0.2) is 0 Å².